The molecule has 1 fully saturated rings. The first-order valence-corrected chi connectivity index (χ1v) is 12.6. The van der Waals surface area contributed by atoms with Gasteiger partial charge in [0.1, 0.15) is 15.6 Å². The van der Waals surface area contributed by atoms with Gasteiger partial charge in [-0.2, -0.15) is 0 Å². The Kier molecular flexibility index (Phi) is 8.06. The maximum Gasteiger partial charge on any atom is 0.266 e. The number of ether oxygens (including phenoxy) is 1. The third-order valence-corrected chi connectivity index (χ3v) is 7.01. The zero-order valence-electron chi connectivity index (χ0n) is 18.5. The van der Waals surface area contributed by atoms with Crippen LogP contribution in [-0.2, 0) is 14.4 Å². The maximum atomic E-state index is 12.8. The van der Waals surface area contributed by atoms with Crippen LogP contribution in [0.25, 0.3) is 17.2 Å². The number of nitrogens with zero attached hydrogens (tertiary/aromatic N) is 2. The van der Waals surface area contributed by atoms with Crippen LogP contribution in [0.4, 0.5) is 0 Å². The van der Waals surface area contributed by atoms with E-state index < -0.39 is 11.8 Å². The van der Waals surface area contributed by atoms with Crippen LogP contribution in [0.2, 0.25) is 0 Å². The third kappa shape index (κ3) is 6.21. The monoisotopic (exact) mass is 528 g/mol. The van der Waals surface area contributed by atoms with Gasteiger partial charge in [0.2, 0.25) is 11.8 Å². The highest BCUT2D eigenvalue weighted by molar-refractivity contribution is 8.26. The van der Waals surface area contributed by atoms with E-state index in [9.17, 15) is 14.4 Å². The summed E-state index contributed by atoms with van der Waals surface area (Å²) in [7, 11) is 1.56. The van der Waals surface area contributed by atoms with Crippen LogP contribution in [0.3, 0.4) is 0 Å². The predicted molar refractivity (Wildman–Crippen MR) is 139 cm³/mol. The summed E-state index contributed by atoms with van der Waals surface area (Å²) in [5.74, 6) is -0.501. The Bertz CT molecular complexity index is 1290. The molecule has 0 atom stereocenters. The highest BCUT2D eigenvalue weighted by Gasteiger charge is 2.32. The number of nitrogens with one attached hydrogen (secondary N) is 2. The molecule has 1 aliphatic heterocycles. The second-order valence-corrected chi connectivity index (χ2v) is 9.76. The zero-order chi connectivity index (χ0) is 24.8. The molecule has 0 bridgehead atoms. The number of thioether (sulfide) groups is 2. The van der Waals surface area contributed by atoms with Crippen molar-refractivity contribution in [3.63, 3.8) is 0 Å². The Morgan fingerprint density at radius 1 is 1.17 bits per heavy atom. The number of methoxy groups -OCH3 is 1. The molecule has 4 rings (SSSR count). The van der Waals surface area contributed by atoms with Gasteiger partial charge in [-0.15, -0.1) is 0 Å². The number of oxazole rings is 1. The van der Waals surface area contributed by atoms with Crippen molar-refractivity contribution in [1.82, 2.24) is 20.7 Å². The Hall–Kier alpha value is -3.35. The summed E-state index contributed by atoms with van der Waals surface area (Å²) < 4.78 is 11.2. The SMILES string of the molecule is COc1ccccc1/C=C1\SC(=S)N(CCC(=O)NNC(=O)CSc2nc3ccccc3o2)C1=O. The van der Waals surface area contributed by atoms with Crippen LogP contribution >= 0.6 is 35.7 Å². The number of rotatable bonds is 8. The van der Waals surface area contributed by atoms with Crippen LogP contribution in [0.15, 0.2) is 63.1 Å². The quantitative estimate of drug-likeness (QED) is 0.197. The van der Waals surface area contributed by atoms with Gasteiger partial charge >= 0.3 is 0 Å². The van der Waals surface area contributed by atoms with Gasteiger partial charge in [-0.1, -0.05) is 66.1 Å². The fourth-order valence-corrected chi connectivity index (χ4v) is 5.05. The van der Waals surface area contributed by atoms with Gasteiger partial charge in [0, 0.05) is 18.5 Å². The second-order valence-electron chi connectivity index (χ2n) is 7.16. The van der Waals surface area contributed by atoms with Crippen LogP contribution in [-0.4, -0.2) is 51.3 Å². The molecule has 0 saturated carbocycles. The number of hydrogen-bond acceptors (Lipinski definition) is 9. The van der Waals surface area contributed by atoms with Gasteiger partial charge in [0.05, 0.1) is 17.8 Å². The number of amides is 3. The van der Waals surface area contributed by atoms with E-state index in [4.69, 9.17) is 21.4 Å². The smallest absolute Gasteiger partial charge is 0.266 e. The van der Waals surface area contributed by atoms with Crippen molar-refractivity contribution in [2.45, 2.75) is 11.6 Å². The van der Waals surface area contributed by atoms with Crippen molar-refractivity contribution in [3.8, 4) is 5.75 Å². The zero-order valence-corrected chi connectivity index (χ0v) is 20.9. The molecule has 35 heavy (non-hydrogen) atoms. The Balaban J connectivity index is 1.23. The van der Waals surface area contributed by atoms with E-state index in [0.29, 0.717) is 31.3 Å². The number of carbonyl (C=O) groups excluding carboxylic acids is 3. The first-order chi connectivity index (χ1) is 16.9. The van der Waals surface area contributed by atoms with Crippen molar-refractivity contribution < 1.29 is 23.5 Å². The minimum Gasteiger partial charge on any atom is -0.496 e. The number of fused-ring (bicyclic) bond motifs is 1. The topological polar surface area (TPSA) is 114 Å². The van der Waals surface area contributed by atoms with Gasteiger partial charge in [0.15, 0.2) is 5.58 Å². The standard InChI is InChI=1S/C23H20N4O5S3/c1-31-16-8-4-2-6-14(16)12-18-21(30)27(23(33)35-18)11-10-19(28)25-26-20(29)13-34-22-24-15-7-3-5-9-17(15)32-22/h2-9,12H,10-11,13H2,1H3,(H,25,28)(H,26,29)/b18-12-. The normalized spacial score (nSPS) is 14.5. The van der Waals surface area contributed by atoms with Crippen LogP contribution < -0.4 is 15.6 Å². The van der Waals surface area contributed by atoms with Crippen molar-refractivity contribution in [1.29, 1.82) is 0 Å². The van der Waals surface area contributed by atoms with Crippen LogP contribution in [0.1, 0.15) is 12.0 Å². The summed E-state index contributed by atoms with van der Waals surface area (Å²) in [5, 5.41) is 0.364. The lowest BCUT2D eigenvalue weighted by Crippen LogP contribution is -2.44. The van der Waals surface area contributed by atoms with Crippen molar-refractivity contribution in [2.75, 3.05) is 19.4 Å². The molecular weight excluding hydrogens is 508 g/mol. The molecule has 3 amide bonds. The van der Waals surface area contributed by atoms with Crippen LogP contribution in [0.5, 0.6) is 5.75 Å². The van der Waals surface area contributed by atoms with E-state index in [-0.39, 0.29) is 24.6 Å². The van der Waals surface area contributed by atoms with Gasteiger partial charge in [-0.25, -0.2) is 4.98 Å². The molecule has 180 valence electrons. The molecule has 0 unspecified atom stereocenters. The number of thiocarbonyl (C=S) groups is 1. The maximum absolute atomic E-state index is 12.8. The lowest BCUT2D eigenvalue weighted by atomic mass is 10.2. The Morgan fingerprint density at radius 3 is 2.71 bits per heavy atom. The van der Waals surface area contributed by atoms with E-state index in [0.717, 1.165) is 17.3 Å². The Labute approximate surface area is 214 Å². The molecule has 0 aliphatic carbocycles. The molecule has 3 aromatic rings. The lowest BCUT2D eigenvalue weighted by molar-refractivity contribution is -0.128. The summed E-state index contributed by atoms with van der Waals surface area (Å²) in [6.45, 7) is 0.0906. The second kappa shape index (κ2) is 11.4. The van der Waals surface area contributed by atoms with Gasteiger partial charge in [-0.05, 0) is 24.3 Å². The largest absolute Gasteiger partial charge is 0.496 e. The average Bonchev–Trinajstić information content (AvgIpc) is 3.40. The number of hydrogen-bond donors (Lipinski definition) is 2. The summed E-state index contributed by atoms with van der Waals surface area (Å²) >= 11 is 7.59. The van der Waals surface area contributed by atoms with E-state index in [1.165, 1.54) is 16.7 Å². The van der Waals surface area contributed by atoms with Gasteiger partial charge in [0.25, 0.3) is 11.1 Å². The van der Waals surface area contributed by atoms with Crippen molar-refractivity contribution in [2.24, 2.45) is 0 Å². The van der Waals surface area contributed by atoms with E-state index in [1.54, 1.807) is 25.3 Å². The molecule has 0 radical (unpaired) electrons. The molecule has 1 aliphatic rings. The number of para-hydroxylation sites is 3. The predicted octanol–water partition coefficient (Wildman–Crippen LogP) is 3.37. The minimum absolute atomic E-state index is 0.00947. The Morgan fingerprint density at radius 2 is 1.91 bits per heavy atom. The molecule has 9 nitrogen and oxygen atoms in total. The molecule has 2 aromatic carbocycles. The van der Waals surface area contributed by atoms with Crippen molar-refractivity contribution >= 4 is 75.0 Å². The molecule has 2 N–H and O–H groups in total. The first-order valence-electron chi connectivity index (χ1n) is 10.4. The van der Waals surface area contributed by atoms with Crippen LogP contribution in [0, 0.1) is 0 Å². The molecule has 1 aromatic heterocycles. The molecule has 2 heterocycles. The number of aromatic nitrogens is 1. The van der Waals surface area contributed by atoms with Gasteiger partial charge in [-0.3, -0.25) is 30.1 Å². The minimum atomic E-state index is -0.451. The van der Waals surface area contributed by atoms with E-state index >= 15 is 0 Å². The van der Waals surface area contributed by atoms with Crippen molar-refractivity contribution in [3.05, 3.63) is 59.0 Å². The lowest BCUT2D eigenvalue weighted by Gasteiger charge is -2.14. The number of carbonyl (C=O) groups is 3. The highest BCUT2D eigenvalue weighted by atomic mass is 32.2. The summed E-state index contributed by atoms with van der Waals surface area (Å²) in [6, 6.07) is 14.6. The fourth-order valence-electron chi connectivity index (χ4n) is 3.11. The summed E-state index contributed by atoms with van der Waals surface area (Å²) in [5.41, 5.74) is 6.78. The summed E-state index contributed by atoms with van der Waals surface area (Å²) in [4.78, 5) is 43.1. The molecule has 1 saturated heterocycles. The van der Waals surface area contributed by atoms with E-state index in [1.807, 2.05) is 36.4 Å². The molecular formula is C23H20N4O5S3. The third-order valence-electron chi connectivity index (χ3n) is 4.80. The van der Waals surface area contributed by atoms with E-state index in [2.05, 4.69) is 15.8 Å². The average molecular weight is 529 g/mol. The van der Waals surface area contributed by atoms with Gasteiger partial charge < -0.3 is 9.15 Å². The summed E-state index contributed by atoms with van der Waals surface area (Å²) in [6.07, 6.45) is 1.68. The molecule has 12 heteroatoms. The number of hydrazine groups is 1. The number of benzene rings is 2. The first kappa shape index (κ1) is 24.8. The molecule has 0 spiro atoms. The fraction of sp³-hybridized carbons (Fsp3) is 0.174. The highest BCUT2D eigenvalue weighted by Crippen LogP contribution is 2.34.